The minimum absolute atomic E-state index is 0.610. The Hall–Kier alpha value is -1.21. The third kappa shape index (κ3) is 7.40. The topological polar surface area (TPSA) is 321 Å². The molecule has 0 saturated carbocycles. The number of hydrogen-bond donors (Lipinski definition) is 12. The van der Waals surface area contributed by atoms with Gasteiger partial charge in [-0.15, -0.1) is 0 Å². The molecule has 234 valence electrons. The number of hydrogen-bond acceptors (Lipinski definition) is 18. The summed E-state index contributed by atoms with van der Waals surface area (Å²) in [4.78, 5) is 10.9. The predicted octanol–water partition coefficient (Wildman–Crippen LogP) is -8.14. The molecule has 3 aliphatic heterocycles. The van der Waals surface area contributed by atoms with Crippen molar-refractivity contribution in [1.29, 1.82) is 0 Å². The summed E-state index contributed by atoms with van der Waals surface area (Å²) in [6.45, 7) is -2.58. The molecule has 0 aromatic carbocycles. The molecular weight excluding hydrogens is 554 g/mol. The molecule has 0 unspecified atom stereocenters. The Morgan fingerprint density at radius 1 is 0.600 bits per heavy atom. The second-order valence-electron chi connectivity index (χ2n) is 9.67. The Kier molecular flexibility index (Phi) is 11.9. The third-order valence-electron chi connectivity index (χ3n) is 6.79. The quantitative estimate of drug-likeness (QED) is 0.106. The molecule has 0 radical (unpaired) electrons. The molecule has 0 bridgehead atoms. The van der Waals surface area contributed by atoms with Crippen LogP contribution >= 0.6 is 0 Å². The van der Waals surface area contributed by atoms with Gasteiger partial charge in [-0.25, -0.2) is 0 Å². The molecule has 3 saturated heterocycles. The minimum atomic E-state index is -1.85. The lowest BCUT2D eigenvalue weighted by Crippen LogP contribution is -2.62. The Bertz CT molecular complexity index is 808. The van der Waals surface area contributed by atoms with E-state index in [1.54, 1.807) is 0 Å². The monoisotopic (exact) mass is 591 g/mol. The van der Waals surface area contributed by atoms with Crippen molar-refractivity contribution in [2.24, 2.45) is 5.73 Å². The lowest BCUT2D eigenvalue weighted by molar-refractivity contribution is -0.342. The number of ether oxygens (including phenoxy) is 6. The summed E-state index contributed by atoms with van der Waals surface area (Å²) < 4.78 is 31.8. The van der Waals surface area contributed by atoms with Crippen molar-refractivity contribution < 1.29 is 89.4 Å². The highest BCUT2D eigenvalue weighted by Gasteiger charge is 2.49. The van der Waals surface area contributed by atoms with E-state index in [-0.39, 0.29) is 0 Å². The van der Waals surface area contributed by atoms with E-state index in [4.69, 9.17) is 39.3 Å². The van der Waals surface area contributed by atoms with Crippen molar-refractivity contribution in [2.75, 3.05) is 26.4 Å². The molecule has 0 aromatic rings. The average Bonchev–Trinajstić information content (AvgIpc) is 2.93. The van der Waals surface area contributed by atoms with Gasteiger partial charge in [-0.1, -0.05) is 0 Å². The van der Waals surface area contributed by atoms with Crippen LogP contribution in [0.5, 0.6) is 0 Å². The van der Waals surface area contributed by atoms with Gasteiger partial charge >= 0.3 is 5.97 Å². The summed E-state index contributed by atoms with van der Waals surface area (Å²) in [6.07, 6.45) is -24.9. The predicted molar refractivity (Wildman–Crippen MR) is 121 cm³/mol. The largest absolute Gasteiger partial charge is 0.480 e. The highest BCUT2D eigenvalue weighted by molar-refractivity contribution is 5.73. The van der Waals surface area contributed by atoms with Gasteiger partial charge in [-0.3, -0.25) is 4.79 Å². The van der Waals surface area contributed by atoms with Crippen molar-refractivity contribution in [1.82, 2.24) is 0 Å². The van der Waals surface area contributed by atoms with Gasteiger partial charge in [0.25, 0.3) is 0 Å². The highest BCUT2D eigenvalue weighted by Crippen LogP contribution is 2.28. The summed E-state index contributed by atoms with van der Waals surface area (Å²) in [6, 6.07) is -1.48. The number of carbonyl (C=O) groups is 1. The van der Waals surface area contributed by atoms with Gasteiger partial charge in [0.05, 0.1) is 26.4 Å². The van der Waals surface area contributed by atoms with Crippen molar-refractivity contribution in [3.05, 3.63) is 0 Å². The number of nitrogens with two attached hydrogens (primary N) is 1. The number of aliphatic carboxylic acids is 1. The molecule has 3 heterocycles. The van der Waals surface area contributed by atoms with Crippen LogP contribution in [0.2, 0.25) is 0 Å². The summed E-state index contributed by atoms with van der Waals surface area (Å²) in [5, 5.41) is 109. The van der Waals surface area contributed by atoms with E-state index in [0.717, 1.165) is 0 Å². The lowest BCUT2D eigenvalue weighted by Gasteiger charge is -2.43. The summed E-state index contributed by atoms with van der Waals surface area (Å²) >= 11 is 0. The van der Waals surface area contributed by atoms with E-state index in [0.29, 0.717) is 0 Å². The lowest BCUT2D eigenvalue weighted by atomic mass is 9.98. The van der Waals surface area contributed by atoms with Crippen molar-refractivity contribution >= 4 is 5.97 Å². The summed E-state index contributed by atoms with van der Waals surface area (Å²) in [5.41, 5.74) is 5.34. The first-order chi connectivity index (χ1) is 18.8. The molecule has 16 atom stereocenters. The molecule has 3 aliphatic rings. The molecule has 3 fully saturated rings. The molecule has 40 heavy (non-hydrogen) atoms. The van der Waals surface area contributed by atoms with Crippen LogP contribution in [0, 0.1) is 0 Å². The number of aliphatic hydroxyl groups excluding tert-OH is 10. The molecule has 19 nitrogen and oxygen atoms in total. The zero-order valence-corrected chi connectivity index (χ0v) is 20.9. The number of carboxylic acids is 1. The van der Waals surface area contributed by atoms with Crippen LogP contribution in [0.1, 0.15) is 0 Å². The maximum absolute atomic E-state index is 10.9. The average molecular weight is 592 g/mol. The fourth-order valence-electron chi connectivity index (χ4n) is 4.24. The Balaban J connectivity index is 1.59. The van der Waals surface area contributed by atoms with E-state index in [2.05, 4.69) is 0 Å². The maximum atomic E-state index is 10.9. The zero-order chi connectivity index (χ0) is 29.9. The van der Waals surface area contributed by atoms with Crippen LogP contribution in [0.4, 0.5) is 0 Å². The number of rotatable bonds is 11. The molecule has 0 spiro atoms. The second kappa shape index (κ2) is 14.3. The number of carboxylic acid groups (broad SMARTS) is 1. The van der Waals surface area contributed by atoms with Gasteiger partial charge in [0, 0.05) is 0 Å². The normalized spacial score (nSPS) is 47.1. The van der Waals surface area contributed by atoms with Crippen LogP contribution in [0.3, 0.4) is 0 Å². The zero-order valence-electron chi connectivity index (χ0n) is 20.9. The highest BCUT2D eigenvalue weighted by atomic mass is 16.7. The standard InChI is InChI=1S/C21H37NO18/c22-5(18(33)34)2-35-19-16(31)13(28)10(25)7(39-19)4-37-21-17(32)14(29)11(26)8(40-21)3-36-20-15(30)12(27)9(24)6(1-23)38-20/h5-17,19-21,23-32H,1-4,22H2,(H,33,34)/t5-,6+,7+,8+,9+,10+,11+,12-,13-,14-,15+,16-,17-,19-,20+,21-/m0/s1. The first-order valence-electron chi connectivity index (χ1n) is 12.3. The van der Waals surface area contributed by atoms with E-state index in [1.165, 1.54) is 0 Å². The molecular formula is C21H37NO18. The Morgan fingerprint density at radius 3 is 1.32 bits per heavy atom. The molecule has 0 aromatic heterocycles. The van der Waals surface area contributed by atoms with Gasteiger partial charge in [0.2, 0.25) is 0 Å². The molecule has 0 amide bonds. The molecule has 3 rings (SSSR count). The van der Waals surface area contributed by atoms with Crippen molar-refractivity contribution in [3.63, 3.8) is 0 Å². The van der Waals surface area contributed by atoms with Crippen LogP contribution < -0.4 is 5.73 Å². The first-order valence-corrected chi connectivity index (χ1v) is 12.3. The van der Waals surface area contributed by atoms with E-state index < -0.39 is 131 Å². The van der Waals surface area contributed by atoms with E-state index in [9.17, 15) is 55.9 Å². The second-order valence-corrected chi connectivity index (χ2v) is 9.67. The Morgan fingerprint density at radius 2 is 0.950 bits per heavy atom. The first kappa shape index (κ1) is 33.3. The fourth-order valence-corrected chi connectivity index (χ4v) is 4.24. The third-order valence-corrected chi connectivity index (χ3v) is 6.79. The van der Waals surface area contributed by atoms with E-state index >= 15 is 0 Å². The van der Waals surface area contributed by atoms with Gasteiger partial charge in [0.15, 0.2) is 18.9 Å². The molecule has 13 N–H and O–H groups in total. The maximum Gasteiger partial charge on any atom is 0.322 e. The van der Waals surface area contributed by atoms with Crippen LogP contribution in [0.15, 0.2) is 0 Å². The Labute approximate surface area is 226 Å². The summed E-state index contributed by atoms with van der Waals surface area (Å²) in [5.74, 6) is -1.40. The smallest absolute Gasteiger partial charge is 0.322 e. The van der Waals surface area contributed by atoms with E-state index in [1.807, 2.05) is 0 Å². The van der Waals surface area contributed by atoms with Crippen LogP contribution in [-0.2, 0) is 33.2 Å². The van der Waals surface area contributed by atoms with Crippen molar-refractivity contribution in [3.8, 4) is 0 Å². The van der Waals surface area contributed by atoms with Gasteiger partial charge in [-0.05, 0) is 0 Å². The van der Waals surface area contributed by atoms with Gasteiger partial charge < -0.3 is 90.3 Å². The fraction of sp³-hybridized carbons (Fsp3) is 0.952. The van der Waals surface area contributed by atoms with Gasteiger partial charge in [0.1, 0.15) is 79.3 Å². The molecule has 0 aliphatic carbocycles. The van der Waals surface area contributed by atoms with Crippen molar-refractivity contribution in [2.45, 2.75) is 98.2 Å². The molecule has 19 heteroatoms. The van der Waals surface area contributed by atoms with Crippen LogP contribution in [0.25, 0.3) is 0 Å². The summed E-state index contributed by atoms with van der Waals surface area (Å²) in [7, 11) is 0. The van der Waals surface area contributed by atoms with Crippen LogP contribution in [-0.4, -0.2) is 187 Å². The van der Waals surface area contributed by atoms with Gasteiger partial charge in [-0.2, -0.15) is 0 Å². The minimum Gasteiger partial charge on any atom is -0.480 e. The SMILES string of the molecule is N[C@@H](CO[C@H]1O[C@H](CO[C@H]2O[C@H](CO[C@@H]3O[C@H](CO)[C@@H](O)[C@H](O)[C@H]3O)[C@@H](O)[C@H](O)[C@@H]2O)[C@@H](O)[C@H](O)[C@@H]1O)C(=O)O. The number of aliphatic hydroxyl groups is 10.